The zero-order chi connectivity index (χ0) is 16.6. The predicted octanol–water partition coefficient (Wildman–Crippen LogP) is 2.18. The van der Waals surface area contributed by atoms with E-state index in [-0.39, 0.29) is 11.8 Å². The van der Waals surface area contributed by atoms with E-state index in [1.165, 1.54) is 10.8 Å². The molecule has 1 N–H and O–H groups in total. The fourth-order valence-corrected chi connectivity index (χ4v) is 2.91. The lowest BCUT2D eigenvalue weighted by molar-refractivity contribution is -0.141. The van der Waals surface area contributed by atoms with Gasteiger partial charge in [0.15, 0.2) is 5.69 Å². The molecule has 6 nitrogen and oxygen atoms in total. The normalized spacial score (nSPS) is 19.1. The van der Waals surface area contributed by atoms with Crippen molar-refractivity contribution in [1.29, 1.82) is 0 Å². The van der Waals surface area contributed by atoms with Gasteiger partial charge < -0.3 is 9.47 Å². The van der Waals surface area contributed by atoms with Crippen molar-refractivity contribution in [1.82, 2.24) is 24.6 Å². The summed E-state index contributed by atoms with van der Waals surface area (Å²) < 4.78 is 39.8. The van der Waals surface area contributed by atoms with Gasteiger partial charge in [0.2, 0.25) is 0 Å². The van der Waals surface area contributed by atoms with Crippen LogP contribution in [0.1, 0.15) is 40.8 Å². The smallest absolute Gasteiger partial charge is 0.337 e. The van der Waals surface area contributed by atoms with Gasteiger partial charge >= 0.3 is 6.18 Å². The summed E-state index contributed by atoms with van der Waals surface area (Å²) in [4.78, 5) is 17.7. The first-order chi connectivity index (χ1) is 10.9. The molecule has 9 heteroatoms. The van der Waals surface area contributed by atoms with E-state index < -0.39 is 11.9 Å². The number of H-pyrrole nitrogens is 1. The highest BCUT2D eigenvalue weighted by Crippen LogP contribution is 2.32. The minimum absolute atomic E-state index is 0.197. The minimum atomic E-state index is -4.46. The number of nitrogens with zero attached hydrogens (tertiary/aromatic N) is 4. The van der Waals surface area contributed by atoms with Crippen LogP contribution in [0, 0.1) is 0 Å². The minimum Gasteiger partial charge on any atom is -0.337 e. The molecule has 1 atom stereocenters. The Bertz CT molecular complexity index is 692. The van der Waals surface area contributed by atoms with E-state index in [0.717, 1.165) is 12.6 Å². The summed E-state index contributed by atoms with van der Waals surface area (Å²) in [7, 11) is 1.55. The van der Waals surface area contributed by atoms with Gasteiger partial charge in [-0.05, 0) is 18.9 Å². The van der Waals surface area contributed by atoms with Crippen LogP contribution in [0.25, 0.3) is 0 Å². The van der Waals surface area contributed by atoms with Crippen molar-refractivity contribution < 1.29 is 18.0 Å². The molecule has 0 aromatic carbocycles. The summed E-state index contributed by atoms with van der Waals surface area (Å²) in [6.07, 6.45) is -0.558. The molecule has 1 fully saturated rings. The van der Waals surface area contributed by atoms with Crippen LogP contribution >= 0.6 is 0 Å². The lowest BCUT2D eigenvalue weighted by Gasteiger charge is -2.32. The summed E-state index contributed by atoms with van der Waals surface area (Å²) in [6.45, 7) is 0.922. The second-order valence-corrected chi connectivity index (χ2v) is 5.65. The molecule has 1 amide bonds. The highest BCUT2D eigenvalue weighted by Gasteiger charge is 2.36. The van der Waals surface area contributed by atoms with Crippen molar-refractivity contribution in [3.05, 3.63) is 35.7 Å². The monoisotopic (exact) mass is 327 g/mol. The number of carbonyl (C=O) groups excluding carboxylic acids is 1. The third-order valence-corrected chi connectivity index (χ3v) is 4.01. The number of piperidine rings is 1. The van der Waals surface area contributed by atoms with Gasteiger partial charge in [-0.1, -0.05) is 0 Å². The number of aromatic amines is 1. The Hall–Kier alpha value is -2.32. The van der Waals surface area contributed by atoms with E-state index in [0.29, 0.717) is 31.0 Å². The first-order valence-electron chi connectivity index (χ1n) is 7.25. The van der Waals surface area contributed by atoms with Crippen LogP contribution in [0.4, 0.5) is 13.2 Å². The van der Waals surface area contributed by atoms with Crippen molar-refractivity contribution in [2.45, 2.75) is 24.9 Å². The number of nitrogens with one attached hydrogen (secondary N) is 1. The van der Waals surface area contributed by atoms with Crippen LogP contribution in [-0.2, 0) is 13.2 Å². The topological polar surface area (TPSA) is 66.8 Å². The molecular weight excluding hydrogens is 311 g/mol. The zero-order valence-electron chi connectivity index (χ0n) is 12.5. The molecule has 0 unspecified atom stereocenters. The summed E-state index contributed by atoms with van der Waals surface area (Å²) in [5.41, 5.74) is -0.520. The Morgan fingerprint density at radius 1 is 1.43 bits per heavy atom. The zero-order valence-corrected chi connectivity index (χ0v) is 12.5. The molecule has 0 bridgehead atoms. The number of imidazole rings is 1. The van der Waals surface area contributed by atoms with Crippen LogP contribution in [-0.4, -0.2) is 43.6 Å². The first-order valence-corrected chi connectivity index (χ1v) is 7.25. The fourth-order valence-electron chi connectivity index (χ4n) is 2.91. The van der Waals surface area contributed by atoms with Crippen LogP contribution in [0.3, 0.4) is 0 Å². The summed E-state index contributed by atoms with van der Waals surface area (Å²) in [5.74, 6) is -0.0476. The Labute approximate surface area is 130 Å². The molecule has 0 aliphatic carbocycles. The molecule has 0 saturated carbocycles. The van der Waals surface area contributed by atoms with Crippen LogP contribution in [0.5, 0.6) is 0 Å². The van der Waals surface area contributed by atoms with Gasteiger partial charge in [0, 0.05) is 38.4 Å². The maximum atomic E-state index is 12.8. The van der Waals surface area contributed by atoms with E-state index in [9.17, 15) is 18.0 Å². The maximum absolute atomic E-state index is 12.8. The van der Waals surface area contributed by atoms with E-state index in [1.807, 2.05) is 0 Å². The highest BCUT2D eigenvalue weighted by molar-refractivity contribution is 5.92. The second-order valence-electron chi connectivity index (χ2n) is 5.65. The number of hydrogen-bond donors (Lipinski definition) is 1. The molecular formula is C14H16F3N5O. The second kappa shape index (κ2) is 5.71. The molecule has 1 aliphatic rings. The predicted molar refractivity (Wildman–Crippen MR) is 74.7 cm³/mol. The Morgan fingerprint density at radius 3 is 2.83 bits per heavy atom. The highest BCUT2D eigenvalue weighted by atomic mass is 19.4. The SMILES string of the molecule is Cn1cc(C(F)(F)F)nc1[C@@H]1CCCN(C(=O)c2ccn[nH]2)C1. The van der Waals surface area contributed by atoms with Gasteiger partial charge in [-0.3, -0.25) is 9.89 Å². The van der Waals surface area contributed by atoms with E-state index in [2.05, 4.69) is 15.2 Å². The number of carbonyl (C=O) groups is 1. The standard InChI is InChI=1S/C14H16F3N5O/c1-21-8-11(14(15,16)17)19-12(21)9-3-2-6-22(7-9)13(23)10-4-5-18-20-10/h4-5,8-9H,2-3,6-7H2,1H3,(H,18,20)/t9-/m1/s1. The van der Waals surface area contributed by atoms with Gasteiger partial charge in [-0.2, -0.15) is 18.3 Å². The van der Waals surface area contributed by atoms with E-state index >= 15 is 0 Å². The van der Waals surface area contributed by atoms with Crippen LogP contribution in [0.2, 0.25) is 0 Å². The van der Waals surface area contributed by atoms with E-state index in [1.54, 1.807) is 18.0 Å². The summed E-state index contributed by atoms with van der Waals surface area (Å²) >= 11 is 0. The first kappa shape index (κ1) is 15.6. The molecule has 3 heterocycles. The lowest BCUT2D eigenvalue weighted by atomic mass is 9.97. The Morgan fingerprint density at radius 2 is 2.22 bits per heavy atom. The average molecular weight is 327 g/mol. The van der Waals surface area contributed by atoms with Gasteiger partial charge in [-0.15, -0.1) is 0 Å². The quantitative estimate of drug-likeness (QED) is 0.919. The van der Waals surface area contributed by atoms with Crippen LogP contribution in [0.15, 0.2) is 18.5 Å². The molecule has 1 saturated heterocycles. The fraction of sp³-hybridized carbons (Fsp3) is 0.500. The molecule has 0 radical (unpaired) electrons. The molecule has 124 valence electrons. The molecule has 2 aromatic heterocycles. The molecule has 23 heavy (non-hydrogen) atoms. The number of rotatable bonds is 2. The van der Waals surface area contributed by atoms with Crippen molar-refractivity contribution >= 4 is 5.91 Å². The van der Waals surface area contributed by atoms with Crippen molar-refractivity contribution in [3.63, 3.8) is 0 Å². The number of hydrogen-bond acceptors (Lipinski definition) is 3. The number of likely N-dealkylation sites (tertiary alicyclic amines) is 1. The number of aryl methyl sites for hydroxylation is 1. The molecule has 0 spiro atoms. The molecule has 2 aromatic rings. The summed E-state index contributed by atoms with van der Waals surface area (Å²) in [5, 5.41) is 6.36. The van der Waals surface area contributed by atoms with Crippen molar-refractivity contribution in [2.75, 3.05) is 13.1 Å². The maximum Gasteiger partial charge on any atom is 0.434 e. The van der Waals surface area contributed by atoms with Gasteiger partial charge in [0.25, 0.3) is 5.91 Å². The van der Waals surface area contributed by atoms with Gasteiger partial charge in [-0.25, -0.2) is 4.98 Å². The van der Waals surface area contributed by atoms with Gasteiger partial charge in [0.05, 0.1) is 0 Å². The lowest BCUT2D eigenvalue weighted by Crippen LogP contribution is -2.39. The number of alkyl halides is 3. The number of amides is 1. The summed E-state index contributed by atoms with van der Waals surface area (Å²) in [6, 6.07) is 1.58. The molecule has 1 aliphatic heterocycles. The Kier molecular flexibility index (Phi) is 3.87. The number of halogens is 3. The molecule has 3 rings (SSSR count). The van der Waals surface area contributed by atoms with E-state index in [4.69, 9.17) is 0 Å². The average Bonchev–Trinajstić information content (AvgIpc) is 3.15. The largest absolute Gasteiger partial charge is 0.434 e. The van der Waals surface area contributed by atoms with Gasteiger partial charge in [0.1, 0.15) is 11.5 Å². The van der Waals surface area contributed by atoms with Crippen molar-refractivity contribution in [3.8, 4) is 0 Å². The third-order valence-electron chi connectivity index (χ3n) is 4.01. The van der Waals surface area contributed by atoms with Crippen molar-refractivity contribution in [2.24, 2.45) is 7.05 Å². The number of aromatic nitrogens is 4. The third kappa shape index (κ3) is 3.08. The Balaban J connectivity index is 1.79. The van der Waals surface area contributed by atoms with Crippen LogP contribution < -0.4 is 0 Å².